The zero-order valence-electron chi connectivity index (χ0n) is 25.7. The summed E-state index contributed by atoms with van der Waals surface area (Å²) < 4.78 is 4.74. The lowest BCUT2D eigenvalue weighted by Crippen LogP contribution is -2.14. The van der Waals surface area contributed by atoms with Crippen molar-refractivity contribution in [3.05, 3.63) is 132 Å². The lowest BCUT2D eigenvalue weighted by Gasteiger charge is -2.22. The van der Waals surface area contributed by atoms with Gasteiger partial charge in [0.25, 0.3) is 5.95 Å². The number of para-hydroxylation sites is 2. The summed E-state index contributed by atoms with van der Waals surface area (Å²) in [5.74, 6) is 0.582. The Morgan fingerprint density at radius 2 is 1.15 bits per heavy atom. The van der Waals surface area contributed by atoms with E-state index >= 15 is 0 Å². The third kappa shape index (κ3) is 3.24. The summed E-state index contributed by atoms with van der Waals surface area (Å²) in [6.45, 7) is 4.70. The van der Waals surface area contributed by atoms with Gasteiger partial charge < -0.3 is 0 Å². The molecule has 1 aliphatic carbocycles. The molecule has 0 fully saturated rings. The fraction of sp³-hybridized carbons (Fsp3) is 0.0714. The van der Waals surface area contributed by atoms with Crippen molar-refractivity contribution in [2.24, 2.45) is 0 Å². The van der Waals surface area contributed by atoms with Gasteiger partial charge in [-0.05, 0) is 75.5 Å². The molecule has 47 heavy (non-hydrogen) atoms. The Hall–Kier alpha value is -5.65. The van der Waals surface area contributed by atoms with Gasteiger partial charge in [-0.1, -0.05) is 92.7 Å². The highest BCUT2D eigenvalue weighted by atomic mass is 32.1. The molecule has 0 amide bonds. The third-order valence-electron chi connectivity index (χ3n) is 10.5. The van der Waals surface area contributed by atoms with Crippen LogP contribution >= 0.6 is 11.3 Å². The van der Waals surface area contributed by atoms with Crippen molar-refractivity contribution < 1.29 is 0 Å². The van der Waals surface area contributed by atoms with Gasteiger partial charge in [0.15, 0.2) is 0 Å². The molecule has 0 N–H and O–H groups in total. The van der Waals surface area contributed by atoms with Gasteiger partial charge in [-0.15, -0.1) is 21.5 Å². The predicted octanol–water partition coefficient (Wildman–Crippen LogP) is 11.1. The standard InChI is InChI=1S/C42H26N4S/c1-42(2)33-15-7-3-11-23(33)29-19-31-27(21-34(29)42)28-22-38-30(26-14-6-10-18-37(26)47-38)20-32(28)40-39(31)43-41(45-44-40)46-35-16-8-4-12-24(35)25-13-5-9-17-36(25)46/h3-22H,1-2H3. The van der Waals surface area contributed by atoms with Crippen molar-refractivity contribution in [3.63, 3.8) is 0 Å². The molecule has 0 atom stereocenters. The van der Waals surface area contributed by atoms with E-state index in [0.29, 0.717) is 5.95 Å². The Kier molecular flexibility index (Phi) is 4.77. The molecule has 0 saturated heterocycles. The van der Waals surface area contributed by atoms with Crippen molar-refractivity contribution in [2.45, 2.75) is 19.3 Å². The maximum atomic E-state index is 5.44. The van der Waals surface area contributed by atoms with Crippen LogP contribution in [0.25, 0.3) is 91.6 Å². The highest BCUT2D eigenvalue weighted by Gasteiger charge is 2.36. The van der Waals surface area contributed by atoms with Crippen LogP contribution in [0.5, 0.6) is 0 Å². The second-order valence-corrected chi connectivity index (χ2v) is 14.4. The first-order chi connectivity index (χ1) is 23.1. The Bertz CT molecular complexity index is 2950. The number of fused-ring (bicyclic) bond motifs is 15. The first kappa shape index (κ1) is 25.5. The van der Waals surface area contributed by atoms with Crippen LogP contribution in [-0.4, -0.2) is 19.7 Å². The van der Waals surface area contributed by atoms with Crippen LogP contribution in [0.2, 0.25) is 0 Å². The molecule has 3 heterocycles. The van der Waals surface area contributed by atoms with E-state index < -0.39 is 0 Å². The zero-order chi connectivity index (χ0) is 31.0. The van der Waals surface area contributed by atoms with Crippen molar-refractivity contribution in [1.29, 1.82) is 0 Å². The quantitative estimate of drug-likeness (QED) is 0.172. The van der Waals surface area contributed by atoms with E-state index in [0.717, 1.165) is 32.8 Å². The van der Waals surface area contributed by atoms with E-state index in [9.17, 15) is 0 Å². The van der Waals surface area contributed by atoms with E-state index in [1.807, 2.05) is 11.3 Å². The number of thiophene rings is 1. The molecular formula is C42H26N4S. The normalized spacial score (nSPS) is 13.9. The second kappa shape index (κ2) is 8.78. The van der Waals surface area contributed by atoms with Gasteiger partial charge in [0, 0.05) is 47.1 Å². The molecule has 0 bridgehead atoms. The van der Waals surface area contributed by atoms with Gasteiger partial charge in [0.05, 0.1) is 11.0 Å². The van der Waals surface area contributed by atoms with Gasteiger partial charge in [0.2, 0.25) is 0 Å². The maximum Gasteiger partial charge on any atom is 0.255 e. The van der Waals surface area contributed by atoms with Crippen molar-refractivity contribution in [3.8, 4) is 17.1 Å². The fourth-order valence-corrected chi connectivity index (χ4v) is 9.40. The Balaban J connectivity index is 1.32. The summed E-state index contributed by atoms with van der Waals surface area (Å²) in [6, 6.07) is 44.0. The van der Waals surface area contributed by atoms with E-state index in [4.69, 9.17) is 15.2 Å². The average Bonchev–Trinajstić information content (AvgIpc) is 3.72. The summed E-state index contributed by atoms with van der Waals surface area (Å²) in [7, 11) is 0. The third-order valence-corrected chi connectivity index (χ3v) is 11.6. The van der Waals surface area contributed by atoms with Gasteiger partial charge in [-0.25, -0.2) is 4.98 Å². The number of hydrogen-bond acceptors (Lipinski definition) is 4. The van der Waals surface area contributed by atoms with Crippen LogP contribution in [0.1, 0.15) is 25.0 Å². The van der Waals surface area contributed by atoms with Gasteiger partial charge in [-0.3, -0.25) is 4.57 Å². The molecule has 0 aliphatic heterocycles. The van der Waals surface area contributed by atoms with Gasteiger partial charge in [-0.2, -0.15) is 0 Å². The number of rotatable bonds is 1. The topological polar surface area (TPSA) is 43.6 Å². The molecule has 0 radical (unpaired) electrons. The molecule has 3 aromatic heterocycles. The number of benzene rings is 7. The highest BCUT2D eigenvalue weighted by molar-refractivity contribution is 7.25. The Morgan fingerprint density at radius 1 is 0.489 bits per heavy atom. The molecule has 11 rings (SSSR count). The molecule has 1 aliphatic rings. The van der Waals surface area contributed by atoms with Crippen molar-refractivity contribution >= 4 is 85.9 Å². The zero-order valence-corrected chi connectivity index (χ0v) is 26.6. The smallest absolute Gasteiger partial charge is 0.255 e. The first-order valence-corrected chi connectivity index (χ1v) is 16.9. The number of hydrogen-bond donors (Lipinski definition) is 0. The number of nitrogens with zero attached hydrogens (tertiary/aromatic N) is 4. The monoisotopic (exact) mass is 618 g/mol. The minimum absolute atomic E-state index is 0.110. The van der Waals surface area contributed by atoms with Gasteiger partial charge >= 0.3 is 0 Å². The Labute approximate surface area is 273 Å². The molecule has 0 spiro atoms. The molecular weight excluding hydrogens is 593 g/mol. The van der Waals surface area contributed by atoms with E-state index in [2.05, 4.69) is 140 Å². The van der Waals surface area contributed by atoms with Crippen LogP contribution in [0.4, 0.5) is 0 Å². The molecule has 0 unspecified atom stereocenters. The van der Waals surface area contributed by atoms with E-state index in [1.54, 1.807) is 0 Å². The predicted molar refractivity (Wildman–Crippen MR) is 197 cm³/mol. The van der Waals surface area contributed by atoms with E-state index in [-0.39, 0.29) is 5.41 Å². The lowest BCUT2D eigenvalue weighted by atomic mass is 9.81. The average molecular weight is 619 g/mol. The first-order valence-electron chi connectivity index (χ1n) is 16.0. The second-order valence-electron chi connectivity index (χ2n) is 13.3. The SMILES string of the molecule is CC1(C)c2ccccc2-c2cc3c(cc21)c1cc2sc4ccccc4c2cc1c1nnc(-n2c4ccccc4c4ccccc42)nc31. The van der Waals surface area contributed by atoms with Crippen LogP contribution in [0.15, 0.2) is 121 Å². The van der Waals surface area contributed by atoms with Gasteiger partial charge in [0.1, 0.15) is 11.0 Å². The summed E-state index contributed by atoms with van der Waals surface area (Å²) in [6.07, 6.45) is 0. The van der Waals surface area contributed by atoms with E-state index in [1.165, 1.54) is 64.0 Å². The molecule has 0 saturated carbocycles. The number of aromatic nitrogens is 4. The van der Waals surface area contributed by atoms with Crippen LogP contribution in [0.3, 0.4) is 0 Å². The minimum Gasteiger partial charge on any atom is -0.277 e. The van der Waals surface area contributed by atoms with Crippen LogP contribution in [-0.2, 0) is 5.41 Å². The molecule has 10 aromatic rings. The molecule has 5 heteroatoms. The maximum absolute atomic E-state index is 5.44. The summed E-state index contributed by atoms with van der Waals surface area (Å²) >= 11 is 1.85. The lowest BCUT2D eigenvalue weighted by molar-refractivity contribution is 0.661. The van der Waals surface area contributed by atoms with Crippen molar-refractivity contribution in [2.75, 3.05) is 0 Å². The Morgan fingerprint density at radius 3 is 1.96 bits per heavy atom. The van der Waals surface area contributed by atoms with Crippen LogP contribution < -0.4 is 0 Å². The molecule has 220 valence electrons. The van der Waals surface area contributed by atoms with Crippen LogP contribution in [0, 0.1) is 0 Å². The highest BCUT2D eigenvalue weighted by Crippen LogP contribution is 2.51. The minimum atomic E-state index is -0.110. The van der Waals surface area contributed by atoms with Crippen molar-refractivity contribution in [1.82, 2.24) is 19.7 Å². The molecule has 4 nitrogen and oxygen atoms in total. The summed E-state index contributed by atoms with van der Waals surface area (Å²) in [4.78, 5) is 5.44. The summed E-state index contributed by atoms with van der Waals surface area (Å²) in [5.41, 5.74) is 9.04. The largest absolute Gasteiger partial charge is 0.277 e. The molecule has 7 aromatic carbocycles. The fourth-order valence-electron chi connectivity index (χ4n) is 8.28. The summed E-state index contributed by atoms with van der Waals surface area (Å²) in [5, 5.41) is 19.4.